The van der Waals surface area contributed by atoms with Crippen molar-refractivity contribution in [2.75, 3.05) is 36.4 Å². The van der Waals surface area contributed by atoms with Crippen LogP contribution in [0.4, 0.5) is 17.5 Å². The van der Waals surface area contributed by atoms with Gasteiger partial charge in [-0.15, -0.1) is 0 Å². The molecular weight excluding hydrogens is 426 g/mol. The highest BCUT2D eigenvalue weighted by Crippen LogP contribution is 2.22. The van der Waals surface area contributed by atoms with E-state index in [9.17, 15) is 8.42 Å². The van der Waals surface area contributed by atoms with Gasteiger partial charge in [-0.3, -0.25) is 0 Å². The average molecular weight is 456 g/mol. The molecule has 0 amide bonds. The second-order valence-electron chi connectivity index (χ2n) is 8.33. The van der Waals surface area contributed by atoms with Gasteiger partial charge in [-0.1, -0.05) is 17.7 Å². The zero-order chi connectivity index (χ0) is 22.9. The van der Waals surface area contributed by atoms with E-state index in [0.717, 1.165) is 17.2 Å². The Balaban J connectivity index is 1.45. The summed E-state index contributed by atoms with van der Waals surface area (Å²) in [6.45, 7) is 9.79. The SMILES string of the molecule is Cc1ccc(Nc2nc(C)cc(N3CCN(S(=O)(=O)c4cn(C(C)C)cn4)CC3)n2)cc1. The predicted molar refractivity (Wildman–Crippen MR) is 125 cm³/mol. The van der Waals surface area contributed by atoms with Gasteiger partial charge in [-0.2, -0.15) is 9.29 Å². The van der Waals surface area contributed by atoms with E-state index in [1.165, 1.54) is 9.87 Å². The molecule has 0 atom stereocenters. The van der Waals surface area contributed by atoms with Crippen molar-refractivity contribution in [2.24, 2.45) is 0 Å². The maximum absolute atomic E-state index is 13.0. The van der Waals surface area contributed by atoms with Crippen molar-refractivity contribution < 1.29 is 8.42 Å². The van der Waals surface area contributed by atoms with Gasteiger partial charge >= 0.3 is 0 Å². The number of nitrogens with one attached hydrogen (secondary N) is 1. The topological polar surface area (TPSA) is 96.2 Å². The third-order valence-corrected chi connectivity index (χ3v) is 7.27. The second-order valence-corrected chi connectivity index (χ2v) is 10.2. The first-order valence-electron chi connectivity index (χ1n) is 10.7. The van der Waals surface area contributed by atoms with Crippen LogP contribution >= 0.6 is 0 Å². The third kappa shape index (κ3) is 4.76. The molecule has 0 aliphatic carbocycles. The Hall–Kier alpha value is -2.98. The van der Waals surface area contributed by atoms with Crippen LogP contribution in [0.5, 0.6) is 0 Å². The lowest BCUT2D eigenvalue weighted by atomic mass is 10.2. The van der Waals surface area contributed by atoms with Crippen LogP contribution in [0.2, 0.25) is 0 Å². The van der Waals surface area contributed by atoms with Crippen molar-refractivity contribution in [3.63, 3.8) is 0 Å². The van der Waals surface area contributed by atoms with Crippen molar-refractivity contribution in [2.45, 2.75) is 38.8 Å². The summed E-state index contributed by atoms with van der Waals surface area (Å²) in [6, 6.07) is 10.1. The monoisotopic (exact) mass is 455 g/mol. The predicted octanol–water partition coefficient (Wildman–Crippen LogP) is 3.13. The van der Waals surface area contributed by atoms with E-state index >= 15 is 0 Å². The highest BCUT2D eigenvalue weighted by atomic mass is 32.2. The molecule has 0 radical (unpaired) electrons. The van der Waals surface area contributed by atoms with Crippen LogP contribution in [-0.4, -0.2) is 58.4 Å². The fourth-order valence-corrected chi connectivity index (χ4v) is 4.90. The molecule has 0 bridgehead atoms. The van der Waals surface area contributed by atoms with Crippen LogP contribution in [0.15, 0.2) is 47.9 Å². The Morgan fingerprint density at radius 2 is 1.69 bits per heavy atom. The number of benzene rings is 1. The van der Waals surface area contributed by atoms with E-state index in [0.29, 0.717) is 32.1 Å². The summed E-state index contributed by atoms with van der Waals surface area (Å²) in [5, 5.41) is 3.35. The lowest BCUT2D eigenvalue weighted by molar-refractivity contribution is 0.382. The second kappa shape index (κ2) is 8.87. The first-order valence-corrected chi connectivity index (χ1v) is 12.1. The number of hydrogen-bond acceptors (Lipinski definition) is 7. The van der Waals surface area contributed by atoms with Gasteiger partial charge in [0.1, 0.15) is 5.82 Å². The maximum Gasteiger partial charge on any atom is 0.262 e. The molecule has 1 aliphatic heterocycles. The minimum atomic E-state index is -3.61. The molecule has 1 aromatic carbocycles. The van der Waals surface area contributed by atoms with E-state index in [4.69, 9.17) is 0 Å². The summed E-state index contributed by atoms with van der Waals surface area (Å²) in [4.78, 5) is 15.4. The summed E-state index contributed by atoms with van der Waals surface area (Å²) < 4.78 is 29.3. The van der Waals surface area contributed by atoms with Gasteiger partial charge in [0.05, 0.1) is 6.33 Å². The van der Waals surface area contributed by atoms with Gasteiger partial charge in [-0.05, 0) is 39.8 Å². The average Bonchev–Trinajstić information content (AvgIpc) is 3.27. The zero-order valence-corrected chi connectivity index (χ0v) is 19.7. The summed E-state index contributed by atoms with van der Waals surface area (Å²) >= 11 is 0. The van der Waals surface area contributed by atoms with Crippen molar-refractivity contribution in [3.05, 3.63) is 54.1 Å². The molecule has 3 aromatic rings. The minimum absolute atomic E-state index is 0.0992. The third-order valence-electron chi connectivity index (χ3n) is 5.49. The molecule has 1 fully saturated rings. The van der Waals surface area contributed by atoms with E-state index in [2.05, 4.69) is 25.2 Å². The summed E-state index contributed by atoms with van der Waals surface area (Å²) in [7, 11) is -3.61. The van der Waals surface area contributed by atoms with Crippen LogP contribution in [0.3, 0.4) is 0 Å². The standard InChI is InChI=1S/C22H29N7O2S/c1-16(2)28-14-21(23-15-28)32(30,31)29-11-9-27(10-12-29)20-13-18(4)24-22(26-20)25-19-7-5-17(3)6-8-19/h5-8,13-16H,9-12H2,1-4H3,(H,24,25,26). The molecule has 2 aromatic heterocycles. The summed E-state index contributed by atoms with van der Waals surface area (Å²) in [5.74, 6) is 1.31. The van der Waals surface area contributed by atoms with Crippen LogP contribution in [0.25, 0.3) is 0 Å². The first-order chi connectivity index (χ1) is 15.2. The summed E-state index contributed by atoms with van der Waals surface area (Å²) in [5.41, 5.74) is 2.95. The quantitative estimate of drug-likeness (QED) is 0.610. The molecule has 0 saturated carbocycles. The van der Waals surface area contributed by atoms with E-state index in [-0.39, 0.29) is 11.1 Å². The number of anilines is 3. The highest BCUT2D eigenvalue weighted by Gasteiger charge is 2.31. The maximum atomic E-state index is 13.0. The van der Waals surface area contributed by atoms with E-state index < -0.39 is 10.0 Å². The van der Waals surface area contributed by atoms with Crippen LogP contribution < -0.4 is 10.2 Å². The molecule has 10 heteroatoms. The zero-order valence-electron chi connectivity index (χ0n) is 18.9. The molecule has 3 heterocycles. The number of sulfonamides is 1. The number of rotatable bonds is 6. The molecule has 9 nitrogen and oxygen atoms in total. The number of aryl methyl sites for hydroxylation is 2. The minimum Gasteiger partial charge on any atom is -0.354 e. The lowest BCUT2D eigenvalue weighted by Gasteiger charge is -2.34. The Labute approximate surface area is 189 Å². The van der Waals surface area contributed by atoms with E-state index in [1.807, 2.05) is 58.0 Å². The number of nitrogens with zero attached hydrogens (tertiary/aromatic N) is 6. The fraction of sp³-hybridized carbons (Fsp3) is 0.409. The van der Waals surface area contributed by atoms with Gasteiger partial charge < -0.3 is 14.8 Å². The number of imidazole rings is 1. The molecule has 32 heavy (non-hydrogen) atoms. The molecule has 1 N–H and O–H groups in total. The largest absolute Gasteiger partial charge is 0.354 e. The van der Waals surface area contributed by atoms with Crippen LogP contribution in [-0.2, 0) is 10.0 Å². The number of piperazine rings is 1. The van der Waals surface area contributed by atoms with Crippen LogP contribution in [0.1, 0.15) is 31.1 Å². The van der Waals surface area contributed by atoms with Gasteiger partial charge in [0.2, 0.25) is 5.95 Å². The van der Waals surface area contributed by atoms with Gasteiger partial charge in [-0.25, -0.2) is 18.4 Å². The molecule has 1 aliphatic rings. The first kappa shape index (κ1) is 22.2. The smallest absolute Gasteiger partial charge is 0.262 e. The van der Waals surface area contributed by atoms with Gasteiger partial charge in [0.15, 0.2) is 5.03 Å². The molecule has 1 saturated heterocycles. The lowest BCUT2D eigenvalue weighted by Crippen LogP contribution is -2.49. The highest BCUT2D eigenvalue weighted by molar-refractivity contribution is 7.89. The molecular formula is C22H29N7O2S. The Morgan fingerprint density at radius 3 is 2.31 bits per heavy atom. The number of aromatic nitrogens is 4. The van der Waals surface area contributed by atoms with E-state index in [1.54, 1.807) is 17.1 Å². The van der Waals surface area contributed by atoms with Gasteiger partial charge in [0, 0.05) is 55.9 Å². The molecule has 170 valence electrons. The molecule has 4 rings (SSSR count). The van der Waals surface area contributed by atoms with Crippen molar-refractivity contribution >= 4 is 27.5 Å². The van der Waals surface area contributed by atoms with Crippen LogP contribution in [0, 0.1) is 13.8 Å². The molecule has 0 spiro atoms. The van der Waals surface area contributed by atoms with Crippen molar-refractivity contribution in [1.29, 1.82) is 0 Å². The fourth-order valence-electron chi connectivity index (χ4n) is 3.56. The van der Waals surface area contributed by atoms with Crippen molar-refractivity contribution in [1.82, 2.24) is 23.8 Å². The van der Waals surface area contributed by atoms with Crippen molar-refractivity contribution in [3.8, 4) is 0 Å². The van der Waals surface area contributed by atoms with Gasteiger partial charge in [0.25, 0.3) is 10.0 Å². The Kier molecular flexibility index (Phi) is 6.16. The molecule has 0 unspecified atom stereocenters. The summed E-state index contributed by atoms with van der Waals surface area (Å²) in [6.07, 6.45) is 3.17. The number of hydrogen-bond donors (Lipinski definition) is 1. The normalized spacial score (nSPS) is 15.3. The Bertz CT molecular complexity index is 1180. The Morgan fingerprint density at radius 1 is 1.00 bits per heavy atom.